The highest BCUT2D eigenvalue weighted by Crippen LogP contribution is 2.29. The maximum atomic E-state index is 12.4. The summed E-state index contributed by atoms with van der Waals surface area (Å²) in [6.07, 6.45) is -4.27. The normalized spacial score (nSPS) is 11.7. The number of hydrogen-bond acceptors (Lipinski definition) is 3. The third kappa shape index (κ3) is 2.79. The first-order valence-corrected chi connectivity index (χ1v) is 4.17. The molecule has 0 saturated heterocycles. The fraction of sp³-hybridized carbons (Fsp3) is 0.500. The van der Waals surface area contributed by atoms with Crippen LogP contribution in [0.15, 0.2) is 6.07 Å². The van der Waals surface area contributed by atoms with Crippen LogP contribution in [0.5, 0.6) is 0 Å². The summed E-state index contributed by atoms with van der Waals surface area (Å²) in [6.45, 7) is 1.60. The Morgan fingerprint density at radius 2 is 2.27 bits per heavy atom. The van der Waals surface area contributed by atoms with E-state index in [1.54, 1.807) is 6.92 Å². The molecule has 0 saturated carbocycles. The largest absolute Gasteiger partial charge is 0.433 e. The smallest absolute Gasteiger partial charge is 0.360 e. The molecule has 4 nitrogen and oxygen atoms in total. The Bertz CT molecular complexity index is 346. The van der Waals surface area contributed by atoms with Crippen LogP contribution in [0.25, 0.3) is 0 Å². The number of hydrogen-bond donors (Lipinski definition) is 0. The van der Waals surface area contributed by atoms with Crippen LogP contribution in [0, 0.1) is 0 Å². The molecule has 0 fully saturated rings. The van der Waals surface area contributed by atoms with E-state index < -0.39 is 11.9 Å². The average Bonchev–Trinajstić information content (AvgIpc) is 2.57. The van der Waals surface area contributed by atoms with Crippen LogP contribution in [-0.2, 0) is 17.6 Å². The van der Waals surface area contributed by atoms with E-state index in [1.165, 1.54) is 0 Å². The molecule has 0 aliphatic rings. The van der Waals surface area contributed by atoms with E-state index in [0.717, 1.165) is 0 Å². The number of rotatable bonds is 4. The molecule has 7 heteroatoms. The molecule has 0 unspecified atom stereocenters. The minimum atomic E-state index is -4.54. The number of aromatic nitrogens is 2. The van der Waals surface area contributed by atoms with E-state index in [9.17, 15) is 18.0 Å². The van der Waals surface area contributed by atoms with Crippen LogP contribution in [0.3, 0.4) is 0 Å². The van der Waals surface area contributed by atoms with Crippen molar-refractivity contribution in [2.24, 2.45) is 0 Å². The average molecular weight is 222 g/mol. The van der Waals surface area contributed by atoms with Gasteiger partial charge in [0.1, 0.15) is 18.1 Å². The van der Waals surface area contributed by atoms with E-state index in [4.69, 9.17) is 4.74 Å². The standard InChI is InChI=1S/C8H9F3N2O2/c1-2-15-5-13-7(8(9,10)11)3-6(4-14)12-13/h3-4H,2,5H2,1H3. The molecular formula is C8H9F3N2O2. The van der Waals surface area contributed by atoms with Crippen molar-refractivity contribution >= 4 is 6.29 Å². The van der Waals surface area contributed by atoms with Gasteiger partial charge in [-0.1, -0.05) is 0 Å². The zero-order chi connectivity index (χ0) is 11.5. The lowest BCUT2D eigenvalue weighted by Gasteiger charge is -2.09. The molecule has 0 radical (unpaired) electrons. The maximum absolute atomic E-state index is 12.4. The Morgan fingerprint density at radius 1 is 1.60 bits per heavy atom. The number of carbonyl (C=O) groups excluding carboxylic acids is 1. The van der Waals surface area contributed by atoms with Gasteiger partial charge in [-0.05, 0) is 13.0 Å². The lowest BCUT2D eigenvalue weighted by atomic mass is 10.3. The Balaban J connectivity index is 3.00. The molecule has 0 atom stereocenters. The van der Waals surface area contributed by atoms with Gasteiger partial charge in [0, 0.05) is 6.61 Å². The molecule has 0 aliphatic heterocycles. The molecule has 0 aromatic carbocycles. The minimum absolute atomic E-state index is 0.262. The van der Waals surface area contributed by atoms with Crippen LogP contribution in [0.1, 0.15) is 23.1 Å². The van der Waals surface area contributed by atoms with Crippen LogP contribution in [-0.4, -0.2) is 22.7 Å². The molecule has 1 aromatic rings. The second kappa shape index (κ2) is 4.43. The SMILES string of the molecule is CCOCn1nc(C=O)cc1C(F)(F)F. The summed E-state index contributed by atoms with van der Waals surface area (Å²) in [5.41, 5.74) is -1.25. The predicted molar refractivity (Wildman–Crippen MR) is 44.2 cm³/mol. The summed E-state index contributed by atoms with van der Waals surface area (Å²) >= 11 is 0. The molecule has 15 heavy (non-hydrogen) atoms. The molecule has 0 N–H and O–H groups in total. The van der Waals surface area contributed by atoms with Crippen molar-refractivity contribution in [1.29, 1.82) is 0 Å². The zero-order valence-electron chi connectivity index (χ0n) is 7.91. The van der Waals surface area contributed by atoms with E-state index in [2.05, 4.69) is 5.10 Å². The lowest BCUT2D eigenvalue weighted by molar-refractivity contribution is -0.146. The fourth-order valence-electron chi connectivity index (χ4n) is 0.999. The lowest BCUT2D eigenvalue weighted by Crippen LogP contribution is -2.16. The number of halogens is 3. The Hall–Kier alpha value is -1.37. The maximum Gasteiger partial charge on any atom is 0.433 e. The van der Waals surface area contributed by atoms with E-state index in [-0.39, 0.29) is 25.3 Å². The van der Waals surface area contributed by atoms with Gasteiger partial charge >= 0.3 is 6.18 Å². The molecule has 1 heterocycles. The minimum Gasteiger partial charge on any atom is -0.360 e. The Kier molecular flexibility index (Phi) is 3.46. The number of carbonyl (C=O) groups is 1. The second-order valence-corrected chi connectivity index (χ2v) is 2.69. The molecule has 0 aliphatic carbocycles. The summed E-state index contributed by atoms with van der Waals surface area (Å²) in [5.74, 6) is 0. The van der Waals surface area contributed by atoms with Gasteiger partial charge in [0.15, 0.2) is 6.29 Å². The molecular weight excluding hydrogens is 213 g/mol. The Labute approximate surface area is 83.6 Å². The summed E-state index contributed by atoms with van der Waals surface area (Å²) in [7, 11) is 0. The summed E-state index contributed by atoms with van der Waals surface area (Å²) < 4.78 is 42.6. The van der Waals surface area contributed by atoms with Crippen LogP contribution >= 0.6 is 0 Å². The second-order valence-electron chi connectivity index (χ2n) is 2.69. The van der Waals surface area contributed by atoms with Gasteiger partial charge in [0.05, 0.1) is 0 Å². The van der Waals surface area contributed by atoms with E-state index in [0.29, 0.717) is 10.7 Å². The summed E-state index contributed by atoms with van der Waals surface area (Å²) in [4.78, 5) is 10.3. The highest BCUT2D eigenvalue weighted by molar-refractivity contribution is 5.71. The highest BCUT2D eigenvalue weighted by Gasteiger charge is 2.35. The van der Waals surface area contributed by atoms with E-state index in [1.807, 2.05) is 0 Å². The molecule has 0 bridgehead atoms. The van der Waals surface area contributed by atoms with E-state index >= 15 is 0 Å². The van der Waals surface area contributed by atoms with Gasteiger partial charge in [0.25, 0.3) is 0 Å². The molecule has 0 amide bonds. The van der Waals surface area contributed by atoms with Gasteiger partial charge in [-0.15, -0.1) is 0 Å². The molecule has 1 aromatic heterocycles. The first kappa shape index (κ1) is 11.7. The number of nitrogens with zero attached hydrogens (tertiary/aromatic N) is 2. The number of ether oxygens (including phenoxy) is 1. The molecule has 1 rings (SSSR count). The number of alkyl halides is 3. The third-order valence-corrected chi connectivity index (χ3v) is 1.63. The first-order valence-electron chi connectivity index (χ1n) is 4.17. The van der Waals surface area contributed by atoms with Crippen LogP contribution < -0.4 is 0 Å². The van der Waals surface area contributed by atoms with Crippen molar-refractivity contribution < 1.29 is 22.7 Å². The monoisotopic (exact) mass is 222 g/mol. The predicted octanol–water partition coefficient (Wildman–Crippen LogP) is 1.71. The van der Waals surface area contributed by atoms with Crippen molar-refractivity contribution in [3.8, 4) is 0 Å². The van der Waals surface area contributed by atoms with Gasteiger partial charge in [-0.25, -0.2) is 4.68 Å². The number of aldehydes is 1. The van der Waals surface area contributed by atoms with Crippen molar-refractivity contribution in [2.45, 2.75) is 19.8 Å². The first-order chi connectivity index (χ1) is 6.99. The van der Waals surface area contributed by atoms with Crippen molar-refractivity contribution in [3.63, 3.8) is 0 Å². The van der Waals surface area contributed by atoms with Crippen molar-refractivity contribution in [3.05, 3.63) is 17.5 Å². The summed E-state index contributed by atoms with van der Waals surface area (Å²) in [5, 5.41) is 3.44. The topological polar surface area (TPSA) is 44.1 Å². The molecule has 84 valence electrons. The van der Waals surface area contributed by atoms with Gasteiger partial charge < -0.3 is 4.74 Å². The van der Waals surface area contributed by atoms with Gasteiger partial charge in [0.2, 0.25) is 0 Å². The van der Waals surface area contributed by atoms with Crippen LogP contribution in [0.4, 0.5) is 13.2 Å². The fourth-order valence-corrected chi connectivity index (χ4v) is 0.999. The van der Waals surface area contributed by atoms with Gasteiger partial charge in [-0.3, -0.25) is 4.79 Å². The Morgan fingerprint density at radius 3 is 2.73 bits per heavy atom. The van der Waals surface area contributed by atoms with Crippen molar-refractivity contribution in [2.75, 3.05) is 6.61 Å². The van der Waals surface area contributed by atoms with Crippen LogP contribution in [0.2, 0.25) is 0 Å². The zero-order valence-corrected chi connectivity index (χ0v) is 7.91. The van der Waals surface area contributed by atoms with Crippen molar-refractivity contribution in [1.82, 2.24) is 9.78 Å². The molecule has 0 spiro atoms. The van der Waals surface area contributed by atoms with Gasteiger partial charge in [-0.2, -0.15) is 18.3 Å². The third-order valence-electron chi connectivity index (χ3n) is 1.63. The summed E-state index contributed by atoms with van der Waals surface area (Å²) in [6, 6.07) is 0.687. The highest BCUT2D eigenvalue weighted by atomic mass is 19.4. The quantitative estimate of drug-likeness (QED) is 0.728.